The third-order valence-electron chi connectivity index (χ3n) is 4.88. The number of nitrogens with one attached hydrogen (secondary N) is 1. The topological polar surface area (TPSA) is 61.8 Å². The Hall–Kier alpha value is -3.38. The van der Waals surface area contributed by atoms with Crippen molar-refractivity contribution >= 4 is 44.8 Å². The van der Waals surface area contributed by atoms with Crippen LogP contribution in [0, 0.1) is 0 Å². The lowest BCUT2D eigenvalue weighted by molar-refractivity contribution is 0.324. The van der Waals surface area contributed by atoms with Crippen molar-refractivity contribution in [3.63, 3.8) is 0 Å². The molecule has 0 unspecified atom stereocenters. The summed E-state index contributed by atoms with van der Waals surface area (Å²) >= 11 is 6.22. The van der Waals surface area contributed by atoms with Gasteiger partial charge in [-0.2, -0.15) is 0 Å². The largest absolute Gasteiger partial charge is 0.497 e. The summed E-state index contributed by atoms with van der Waals surface area (Å²) in [7, 11) is 6.39. The summed E-state index contributed by atoms with van der Waals surface area (Å²) < 4.78 is 21.8. The van der Waals surface area contributed by atoms with Crippen molar-refractivity contribution in [2.24, 2.45) is 0 Å². The fourth-order valence-electron chi connectivity index (χ4n) is 3.46. The van der Waals surface area contributed by atoms with Crippen molar-refractivity contribution in [3.05, 3.63) is 53.6 Å². The number of nitrogens with zero attached hydrogens (tertiary/aromatic N) is 1. The number of ether oxygens (including phenoxy) is 4. The van der Waals surface area contributed by atoms with Crippen molar-refractivity contribution in [2.45, 2.75) is 0 Å². The van der Waals surface area contributed by atoms with Gasteiger partial charge < -0.3 is 24.3 Å². The molecule has 0 saturated heterocycles. The molecule has 4 rings (SSSR count). The molecule has 4 aromatic rings. The average molecular weight is 425 g/mol. The second-order valence-corrected chi connectivity index (χ2v) is 7.01. The Morgan fingerprint density at radius 2 is 1.47 bits per heavy atom. The lowest BCUT2D eigenvalue weighted by atomic mass is 10.1. The molecular weight excluding hydrogens is 404 g/mol. The first-order chi connectivity index (χ1) is 14.6. The molecule has 0 spiro atoms. The number of hydrogen-bond donors (Lipinski definition) is 1. The van der Waals surface area contributed by atoms with E-state index in [1.807, 2.05) is 48.5 Å². The van der Waals surface area contributed by atoms with Crippen LogP contribution in [0.3, 0.4) is 0 Å². The van der Waals surface area contributed by atoms with Crippen LogP contribution in [0.1, 0.15) is 0 Å². The highest BCUT2D eigenvalue weighted by Crippen LogP contribution is 2.42. The zero-order chi connectivity index (χ0) is 21.3. The normalized spacial score (nSPS) is 10.8. The number of fused-ring (bicyclic) bond motifs is 2. The first-order valence-corrected chi connectivity index (χ1v) is 9.59. The van der Waals surface area contributed by atoms with Crippen LogP contribution in [0.2, 0.25) is 5.02 Å². The molecule has 0 aliphatic rings. The van der Waals surface area contributed by atoms with Crippen molar-refractivity contribution in [2.75, 3.05) is 33.8 Å². The molecule has 0 aliphatic heterocycles. The van der Waals surface area contributed by atoms with Crippen LogP contribution < -0.4 is 24.3 Å². The molecular formula is C23H21ClN2O4. The van der Waals surface area contributed by atoms with E-state index in [4.69, 9.17) is 35.5 Å². The minimum absolute atomic E-state index is 0.531. The van der Waals surface area contributed by atoms with Crippen LogP contribution >= 0.6 is 11.6 Å². The monoisotopic (exact) mass is 424 g/mol. The van der Waals surface area contributed by atoms with Gasteiger partial charge in [0.1, 0.15) is 5.75 Å². The molecule has 0 aliphatic carbocycles. The van der Waals surface area contributed by atoms with Crippen molar-refractivity contribution in [3.8, 4) is 23.0 Å². The van der Waals surface area contributed by atoms with Crippen LogP contribution in [0.5, 0.6) is 23.0 Å². The third-order valence-corrected chi connectivity index (χ3v) is 5.11. The highest BCUT2D eigenvalue weighted by atomic mass is 35.5. The third kappa shape index (κ3) is 3.50. The average Bonchev–Trinajstić information content (AvgIpc) is 2.77. The highest BCUT2D eigenvalue weighted by Gasteiger charge is 2.16. The molecule has 154 valence electrons. The minimum Gasteiger partial charge on any atom is -0.497 e. The predicted molar refractivity (Wildman–Crippen MR) is 120 cm³/mol. The smallest absolute Gasteiger partial charge is 0.203 e. The SMILES string of the molecule is COc1ccc2nc3cc(Cl)ccc3c(Nc3cc(OC)c(OC)c(OC)c3)c2c1. The van der Waals surface area contributed by atoms with Gasteiger partial charge in [0, 0.05) is 33.6 Å². The van der Waals surface area contributed by atoms with Crippen LogP contribution in [-0.2, 0) is 0 Å². The molecule has 3 aromatic carbocycles. The van der Waals surface area contributed by atoms with Crippen molar-refractivity contribution < 1.29 is 18.9 Å². The Morgan fingerprint density at radius 3 is 2.10 bits per heavy atom. The summed E-state index contributed by atoms with van der Waals surface area (Å²) in [6.07, 6.45) is 0. The van der Waals surface area contributed by atoms with Gasteiger partial charge in [-0.15, -0.1) is 0 Å². The van der Waals surface area contributed by atoms with E-state index in [0.29, 0.717) is 22.3 Å². The molecule has 0 amide bonds. The van der Waals surface area contributed by atoms with E-state index in [1.54, 1.807) is 28.4 Å². The summed E-state index contributed by atoms with van der Waals surface area (Å²) in [5, 5.41) is 5.97. The zero-order valence-electron chi connectivity index (χ0n) is 17.1. The molecule has 1 heterocycles. The van der Waals surface area contributed by atoms with Crippen molar-refractivity contribution in [1.29, 1.82) is 0 Å². The Kier molecular flexibility index (Phi) is 5.42. The maximum Gasteiger partial charge on any atom is 0.203 e. The number of methoxy groups -OCH3 is 4. The number of aromatic nitrogens is 1. The summed E-state index contributed by atoms with van der Waals surface area (Å²) in [5.74, 6) is 2.39. The van der Waals surface area contributed by atoms with E-state index < -0.39 is 0 Å². The quantitative estimate of drug-likeness (QED) is 0.393. The van der Waals surface area contributed by atoms with Crippen LogP contribution in [0.15, 0.2) is 48.5 Å². The molecule has 0 saturated carbocycles. The molecule has 6 nitrogen and oxygen atoms in total. The number of benzene rings is 3. The van der Waals surface area contributed by atoms with Gasteiger partial charge in [-0.1, -0.05) is 11.6 Å². The summed E-state index contributed by atoms with van der Waals surface area (Å²) in [5.41, 5.74) is 3.26. The van der Waals surface area contributed by atoms with Gasteiger partial charge in [0.25, 0.3) is 0 Å². The fourth-order valence-corrected chi connectivity index (χ4v) is 3.62. The van der Waals surface area contributed by atoms with Gasteiger partial charge in [-0.25, -0.2) is 4.98 Å². The first-order valence-electron chi connectivity index (χ1n) is 9.22. The molecule has 30 heavy (non-hydrogen) atoms. The highest BCUT2D eigenvalue weighted by molar-refractivity contribution is 6.31. The van der Waals surface area contributed by atoms with E-state index in [2.05, 4.69) is 5.32 Å². The van der Waals surface area contributed by atoms with E-state index in [9.17, 15) is 0 Å². The Balaban J connectivity index is 1.96. The van der Waals surface area contributed by atoms with E-state index in [-0.39, 0.29) is 0 Å². The standard InChI is InChI=1S/C23H21ClN2O4/c1-27-15-6-8-18-17(12-15)22(16-7-5-13(24)9-19(16)26-18)25-14-10-20(28-2)23(30-4)21(11-14)29-3/h5-12H,1-4H3,(H,25,26). The van der Waals surface area contributed by atoms with Crippen LogP contribution in [-0.4, -0.2) is 33.4 Å². The van der Waals surface area contributed by atoms with Crippen molar-refractivity contribution in [1.82, 2.24) is 4.98 Å². The van der Waals surface area contributed by atoms with Crippen LogP contribution in [0.4, 0.5) is 11.4 Å². The van der Waals surface area contributed by atoms with Gasteiger partial charge in [-0.3, -0.25) is 0 Å². The van der Waals surface area contributed by atoms with Gasteiger partial charge in [0.15, 0.2) is 11.5 Å². The molecule has 7 heteroatoms. The first kappa shape index (κ1) is 19.9. The second-order valence-electron chi connectivity index (χ2n) is 6.57. The Morgan fingerprint density at radius 1 is 0.733 bits per heavy atom. The van der Waals surface area contributed by atoms with Gasteiger partial charge >= 0.3 is 0 Å². The maximum absolute atomic E-state index is 6.22. The Bertz CT molecular complexity index is 1220. The maximum atomic E-state index is 6.22. The molecule has 1 N–H and O–H groups in total. The summed E-state index contributed by atoms with van der Waals surface area (Å²) in [6.45, 7) is 0. The molecule has 0 bridgehead atoms. The number of halogens is 1. The minimum atomic E-state index is 0.531. The summed E-state index contributed by atoms with van der Waals surface area (Å²) in [4.78, 5) is 4.76. The van der Waals surface area contributed by atoms with E-state index in [0.717, 1.165) is 38.9 Å². The number of hydrogen-bond acceptors (Lipinski definition) is 6. The number of rotatable bonds is 6. The lowest BCUT2D eigenvalue weighted by Crippen LogP contribution is -1.99. The van der Waals surface area contributed by atoms with Gasteiger partial charge in [-0.05, 0) is 36.4 Å². The van der Waals surface area contributed by atoms with Gasteiger partial charge in [0.2, 0.25) is 5.75 Å². The summed E-state index contributed by atoms with van der Waals surface area (Å²) in [6, 6.07) is 15.1. The number of pyridine rings is 1. The molecule has 0 radical (unpaired) electrons. The van der Waals surface area contributed by atoms with E-state index >= 15 is 0 Å². The van der Waals surface area contributed by atoms with Gasteiger partial charge in [0.05, 0.1) is 45.2 Å². The number of anilines is 2. The van der Waals surface area contributed by atoms with E-state index in [1.165, 1.54) is 0 Å². The Labute approximate surface area is 179 Å². The molecule has 0 fully saturated rings. The lowest BCUT2D eigenvalue weighted by Gasteiger charge is -2.17. The predicted octanol–water partition coefficient (Wildman–Crippen LogP) is 5.82. The second kappa shape index (κ2) is 8.16. The van der Waals surface area contributed by atoms with Crippen LogP contribution in [0.25, 0.3) is 21.8 Å². The fraction of sp³-hybridized carbons (Fsp3) is 0.174. The zero-order valence-corrected chi connectivity index (χ0v) is 17.8. The molecule has 1 aromatic heterocycles. The molecule has 0 atom stereocenters.